The van der Waals surface area contributed by atoms with Gasteiger partial charge in [-0.3, -0.25) is 0 Å². The minimum atomic E-state index is 0.564. The second-order valence-electron chi connectivity index (χ2n) is 6.00. The number of aromatic nitrogens is 1. The first-order chi connectivity index (χ1) is 9.74. The molecule has 20 heavy (non-hydrogen) atoms. The fraction of sp³-hybridized carbons (Fsp3) is 0.471. The molecule has 3 nitrogen and oxygen atoms in total. The van der Waals surface area contributed by atoms with Gasteiger partial charge < -0.3 is 9.73 Å². The lowest BCUT2D eigenvalue weighted by atomic mass is 9.78. The van der Waals surface area contributed by atoms with E-state index in [1.165, 1.54) is 31.3 Å². The normalized spacial score (nSPS) is 26.4. The monoisotopic (exact) mass is 270 g/mol. The Morgan fingerprint density at radius 1 is 1.20 bits per heavy atom. The molecule has 0 radical (unpaired) electrons. The second-order valence-corrected chi connectivity index (χ2v) is 6.00. The number of benzene rings is 1. The van der Waals surface area contributed by atoms with Crippen LogP contribution in [0, 0.1) is 11.8 Å². The lowest BCUT2D eigenvalue weighted by molar-refractivity contribution is 0.268. The minimum Gasteiger partial charge on any atom is -0.444 e. The highest BCUT2D eigenvalue weighted by molar-refractivity contribution is 5.63. The number of anilines is 1. The summed E-state index contributed by atoms with van der Waals surface area (Å²) < 4.78 is 5.37. The molecule has 1 aliphatic rings. The van der Waals surface area contributed by atoms with Gasteiger partial charge in [-0.05, 0) is 36.8 Å². The van der Waals surface area contributed by atoms with Gasteiger partial charge in [0.2, 0.25) is 0 Å². The highest BCUT2D eigenvalue weighted by atomic mass is 16.3. The van der Waals surface area contributed by atoms with Crippen LogP contribution in [0.5, 0.6) is 0 Å². The molecule has 1 aromatic heterocycles. The van der Waals surface area contributed by atoms with Crippen molar-refractivity contribution < 1.29 is 4.42 Å². The summed E-state index contributed by atoms with van der Waals surface area (Å²) in [4.78, 5) is 3.98. The van der Waals surface area contributed by atoms with Crippen molar-refractivity contribution in [3.8, 4) is 11.3 Å². The molecule has 2 unspecified atom stereocenters. The molecule has 1 aromatic carbocycles. The summed E-state index contributed by atoms with van der Waals surface area (Å²) in [5.74, 6) is 2.28. The Morgan fingerprint density at radius 2 is 2.00 bits per heavy atom. The van der Waals surface area contributed by atoms with E-state index in [1.54, 1.807) is 6.20 Å². The summed E-state index contributed by atoms with van der Waals surface area (Å²) in [5.41, 5.74) is 2.24. The molecule has 1 fully saturated rings. The Kier molecular flexibility index (Phi) is 3.77. The maximum Gasteiger partial charge on any atom is 0.181 e. The summed E-state index contributed by atoms with van der Waals surface area (Å²) in [6.07, 6.45) is 7.23. The van der Waals surface area contributed by atoms with E-state index in [0.29, 0.717) is 6.04 Å². The molecule has 3 rings (SSSR count). The summed E-state index contributed by atoms with van der Waals surface area (Å²) in [7, 11) is 0. The van der Waals surface area contributed by atoms with Gasteiger partial charge in [0.1, 0.15) is 0 Å². The standard InChI is InChI=1S/C17H22N2O/c1-12-5-3-6-13(2)17(12)19-15-8-4-7-14(9-15)16-10-18-11-20-16/h4,7-13,17,19H,3,5-6H2,1-2H3. The van der Waals surface area contributed by atoms with Gasteiger partial charge in [0, 0.05) is 17.3 Å². The molecule has 0 aliphatic heterocycles. The first kappa shape index (κ1) is 13.2. The van der Waals surface area contributed by atoms with Crippen molar-refractivity contribution in [3.05, 3.63) is 36.9 Å². The maximum absolute atomic E-state index is 5.37. The van der Waals surface area contributed by atoms with Crippen molar-refractivity contribution in [2.24, 2.45) is 11.8 Å². The van der Waals surface area contributed by atoms with Crippen LogP contribution in [-0.4, -0.2) is 11.0 Å². The van der Waals surface area contributed by atoms with Gasteiger partial charge in [-0.2, -0.15) is 0 Å². The number of hydrogen-bond donors (Lipinski definition) is 1. The van der Waals surface area contributed by atoms with E-state index in [1.807, 2.05) is 0 Å². The third-order valence-corrected chi connectivity index (χ3v) is 4.46. The van der Waals surface area contributed by atoms with Gasteiger partial charge in [-0.1, -0.05) is 32.4 Å². The van der Waals surface area contributed by atoms with Crippen LogP contribution in [0.2, 0.25) is 0 Å². The lowest BCUT2D eigenvalue weighted by Crippen LogP contribution is -2.37. The lowest BCUT2D eigenvalue weighted by Gasteiger charge is -2.36. The van der Waals surface area contributed by atoms with Crippen molar-refractivity contribution in [2.45, 2.75) is 39.2 Å². The van der Waals surface area contributed by atoms with E-state index in [0.717, 1.165) is 23.2 Å². The molecule has 1 aliphatic carbocycles. The maximum atomic E-state index is 5.37. The van der Waals surface area contributed by atoms with Crippen LogP contribution in [0.4, 0.5) is 5.69 Å². The SMILES string of the molecule is CC1CCCC(C)C1Nc1cccc(-c2cnco2)c1. The van der Waals surface area contributed by atoms with Crippen LogP contribution in [0.3, 0.4) is 0 Å². The zero-order valence-corrected chi connectivity index (χ0v) is 12.2. The Morgan fingerprint density at radius 3 is 2.70 bits per heavy atom. The van der Waals surface area contributed by atoms with Crippen molar-refractivity contribution in [3.63, 3.8) is 0 Å². The molecule has 2 atom stereocenters. The highest BCUT2D eigenvalue weighted by Crippen LogP contribution is 2.32. The smallest absolute Gasteiger partial charge is 0.181 e. The van der Waals surface area contributed by atoms with Crippen molar-refractivity contribution >= 4 is 5.69 Å². The van der Waals surface area contributed by atoms with E-state index in [4.69, 9.17) is 4.42 Å². The zero-order valence-electron chi connectivity index (χ0n) is 12.2. The average molecular weight is 270 g/mol. The molecule has 0 bridgehead atoms. The molecular weight excluding hydrogens is 248 g/mol. The van der Waals surface area contributed by atoms with Gasteiger partial charge in [0.25, 0.3) is 0 Å². The summed E-state index contributed by atoms with van der Waals surface area (Å²) in [5, 5.41) is 3.72. The van der Waals surface area contributed by atoms with Crippen LogP contribution < -0.4 is 5.32 Å². The summed E-state index contributed by atoms with van der Waals surface area (Å²) in [6, 6.07) is 8.97. The van der Waals surface area contributed by atoms with Crippen LogP contribution >= 0.6 is 0 Å². The van der Waals surface area contributed by atoms with Crippen LogP contribution in [0.25, 0.3) is 11.3 Å². The largest absolute Gasteiger partial charge is 0.444 e. The first-order valence-corrected chi connectivity index (χ1v) is 7.49. The Bertz CT molecular complexity index is 540. The second kappa shape index (κ2) is 5.70. The van der Waals surface area contributed by atoms with Crippen LogP contribution in [-0.2, 0) is 0 Å². The molecule has 0 spiro atoms. The molecule has 0 amide bonds. The van der Waals surface area contributed by atoms with Gasteiger partial charge in [0.15, 0.2) is 12.2 Å². The molecule has 1 saturated carbocycles. The fourth-order valence-corrected chi connectivity index (χ4v) is 3.28. The number of hydrogen-bond acceptors (Lipinski definition) is 3. The number of rotatable bonds is 3. The van der Waals surface area contributed by atoms with Crippen molar-refractivity contribution in [1.29, 1.82) is 0 Å². The Hall–Kier alpha value is -1.77. The predicted octanol–water partition coefficient (Wildman–Crippen LogP) is 4.58. The molecule has 1 heterocycles. The Labute approximate surface area is 120 Å². The zero-order chi connectivity index (χ0) is 13.9. The fourth-order valence-electron chi connectivity index (χ4n) is 3.28. The minimum absolute atomic E-state index is 0.564. The summed E-state index contributed by atoms with van der Waals surface area (Å²) >= 11 is 0. The quantitative estimate of drug-likeness (QED) is 0.887. The molecule has 106 valence electrons. The van der Waals surface area contributed by atoms with Crippen LogP contribution in [0.1, 0.15) is 33.1 Å². The average Bonchev–Trinajstić information content (AvgIpc) is 2.98. The van der Waals surface area contributed by atoms with E-state index in [-0.39, 0.29) is 0 Å². The number of nitrogens with one attached hydrogen (secondary N) is 1. The van der Waals surface area contributed by atoms with Gasteiger partial charge >= 0.3 is 0 Å². The van der Waals surface area contributed by atoms with Crippen molar-refractivity contribution in [2.75, 3.05) is 5.32 Å². The third-order valence-electron chi connectivity index (χ3n) is 4.46. The Balaban J connectivity index is 1.79. The predicted molar refractivity (Wildman–Crippen MR) is 81.5 cm³/mol. The van der Waals surface area contributed by atoms with Gasteiger partial charge in [0.05, 0.1) is 6.20 Å². The molecule has 3 heteroatoms. The summed E-state index contributed by atoms with van der Waals surface area (Å²) in [6.45, 7) is 4.71. The molecule has 2 aromatic rings. The molecule has 1 N–H and O–H groups in total. The van der Waals surface area contributed by atoms with E-state index in [9.17, 15) is 0 Å². The third kappa shape index (κ3) is 2.72. The topological polar surface area (TPSA) is 38.1 Å². The first-order valence-electron chi connectivity index (χ1n) is 7.49. The highest BCUT2D eigenvalue weighted by Gasteiger charge is 2.27. The van der Waals surface area contributed by atoms with Crippen LogP contribution in [0.15, 0.2) is 41.3 Å². The van der Waals surface area contributed by atoms with E-state index in [2.05, 4.69) is 48.4 Å². The van der Waals surface area contributed by atoms with Gasteiger partial charge in [-0.25, -0.2) is 4.98 Å². The van der Waals surface area contributed by atoms with Crippen molar-refractivity contribution in [1.82, 2.24) is 4.98 Å². The molecule has 0 saturated heterocycles. The number of oxazole rings is 1. The van der Waals surface area contributed by atoms with E-state index < -0.39 is 0 Å². The van der Waals surface area contributed by atoms with Gasteiger partial charge in [-0.15, -0.1) is 0 Å². The van der Waals surface area contributed by atoms with E-state index >= 15 is 0 Å². The molecular formula is C17H22N2O. The number of nitrogens with zero attached hydrogens (tertiary/aromatic N) is 1.